The van der Waals surface area contributed by atoms with Gasteiger partial charge < -0.3 is 5.11 Å². The van der Waals surface area contributed by atoms with Crippen molar-refractivity contribution < 1.29 is 13.5 Å². The second kappa shape index (κ2) is 4.12. The van der Waals surface area contributed by atoms with Gasteiger partial charge in [-0.15, -0.1) is 0 Å². The maximum atomic E-state index is 11.4. The third-order valence-electron chi connectivity index (χ3n) is 2.64. The van der Waals surface area contributed by atoms with Crippen LogP contribution in [0.2, 0.25) is 0 Å². The molecule has 0 spiro atoms. The molecule has 1 N–H and O–H groups in total. The van der Waals surface area contributed by atoms with E-state index in [1.807, 2.05) is 0 Å². The summed E-state index contributed by atoms with van der Waals surface area (Å²) in [5, 5.41) is 19.3. The highest BCUT2D eigenvalue weighted by molar-refractivity contribution is 8.14. The molecule has 0 fully saturated rings. The molecule has 0 bridgehead atoms. The minimum Gasteiger partial charge on any atom is -0.501 e. The SMILES string of the molecule is Cc1cc2c(S(=O)(=O)Cl)cccc2c(O)c1[N+]#N. The maximum absolute atomic E-state index is 11.4. The van der Waals surface area contributed by atoms with Crippen molar-refractivity contribution in [2.24, 2.45) is 0 Å². The van der Waals surface area contributed by atoms with Gasteiger partial charge in [0.25, 0.3) is 9.05 Å². The van der Waals surface area contributed by atoms with Gasteiger partial charge in [0.05, 0.1) is 4.90 Å². The summed E-state index contributed by atoms with van der Waals surface area (Å²) in [5.74, 6) is -0.283. The number of aryl methyl sites for hydroxylation is 1. The Hall–Kier alpha value is -1.84. The van der Waals surface area contributed by atoms with E-state index in [9.17, 15) is 13.5 Å². The summed E-state index contributed by atoms with van der Waals surface area (Å²) in [6, 6.07) is 5.82. The summed E-state index contributed by atoms with van der Waals surface area (Å²) in [6.07, 6.45) is 0. The van der Waals surface area contributed by atoms with Crippen LogP contribution in [0.15, 0.2) is 29.2 Å². The molecule has 92 valence electrons. The summed E-state index contributed by atoms with van der Waals surface area (Å²) in [5.41, 5.74) is 0.446. The van der Waals surface area contributed by atoms with E-state index in [0.717, 1.165) is 0 Å². The van der Waals surface area contributed by atoms with Crippen molar-refractivity contribution >= 4 is 36.2 Å². The molecule has 0 aliphatic rings. The number of aromatic hydroxyl groups is 1. The fraction of sp³-hybridized carbons (Fsp3) is 0.0909. The molecule has 0 saturated carbocycles. The quantitative estimate of drug-likeness (QED) is 0.643. The van der Waals surface area contributed by atoms with Crippen molar-refractivity contribution in [2.45, 2.75) is 11.8 Å². The molecule has 18 heavy (non-hydrogen) atoms. The molecule has 2 aromatic rings. The maximum Gasteiger partial charge on any atom is 0.429 e. The fourth-order valence-corrected chi connectivity index (χ4v) is 2.91. The van der Waals surface area contributed by atoms with E-state index in [-0.39, 0.29) is 27.1 Å². The van der Waals surface area contributed by atoms with Crippen LogP contribution in [0.5, 0.6) is 5.75 Å². The van der Waals surface area contributed by atoms with Crippen LogP contribution in [-0.2, 0) is 9.05 Å². The average molecular weight is 284 g/mol. The van der Waals surface area contributed by atoms with Crippen molar-refractivity contribution in [3.8, 4) is 5.75 Å². The van der Waals surface area contributed by atoms with Crippen LogP contribution in [-0.4, -0.2) is 13.5 Å². The molecular weight excluding hydrogens is 276 g/mol. The summed E-state index contributed by atoms with van der Waals surface area (Å²) >= 11 is 0. The van der Waals surface area contributed by atoms with Crippen LogP contribution in [0.4, 0.5) is 5.69 Å². The van der Waals surface area contributed by atoms with Crippen LogP contribution in [0.3, 0.4) is 0 Å². The van der Waals surface area contributed by atoms with Gasteiger partial charge in [-0.3, -0.25) is 0 Å². The lowest BCUT2D eigenvalue weighted by Gasteiger charge is -2.04. The molecule has 0 unspecified atom stereocenters. The molecular formula is C11H8ClN2O3S+. The van der Waals surface area contributed by atoms with E-state index < -0.39 is 9.05 Å². The molecule has 0 saturated heterocycles. The van der Waals surface area contributed by atoms with Crippen LogP contribution in [0.1, 0.15) is 5.56 Å². The number of nitrogens with zero attached hydrogens (tertiary/aromatic N) is 2. The molecule has 7 heteroatoms. The predicted octanol–water partition coefficient (Wildman–Crippen LogP) is 3.27. The van der Waals surface area contributed by atoms with Crippen molar-refractivity contribution in [3.05, 3.63) is 34.8 Å². The molecule has 0 aliphatic carbocycles. The Morgan fingerprint density at radius 1 is 1.33 bits per heavy atom. The van der Waals surface area contributed by atoms with Gasteiger partial charge in [-0.2, -0.15) is 0 Å². The second-order valence-electron chi connectivity index (χ2n) is 3.78. The van der Waals surface area contributed by atoms with Gasteiger partial charge in [0.1, 0.15) is 0 Å². The zero-order valence-corrected chi connectivity index (χ0v) is 10.8. The zero-order valence-electron chi connectivity index (χ0n) is 9.25. The normalized spacial score (nSPS) is 11.4. The molecule has 0 amide bonds. The van der Waals surface area contributed by atoms with Gasteiger partial charge in [0.2, 0.25) is 11.1 Å². The highest BCUT2D eigenvalue weighted by Crippen LogP contribution is 2.40. The summed E-state index contributed by atoms with van der Waals surface area (Å²) in [4.78, 5) is 2.89. The van der Waals surface area contributed by atoms with Crippen molar-refractivity contribution in [2.75, 3.05) is 0 Å². The highest BCUT2D eigenvalue weighted by Gasteiger charge is 2.24. The molecule has 0 aromatic heterocycles. The standard InChI is InChI=1S/C11H7ClN2O3S/c1-6-5-8-7(11(15)10(6)14-13)3-2-4-9(8)18(12,16)17/h2-5H,1H3/p+1. The van der Waals surface area contributed by atoms with Crippen LogP contribution in [0.25, 0.3) is 15.7 Å². The molecule has 0 aliphatic heterocycles. The smallest absolute Gasteiger partial charge is 0.429 e. The van der Waals surface area contributed by atoms with E-state index in [2.05, 4.69) is 4.98 Å². The summed E-state index contributed by atoms with van der Waals surface area (Å²) in [7, 11) is 1.42. The van der Waals surface area contributed by atoms with Crippen molar-refractivity contribution in [1.82, 2.24) is 0 Å². The number of hydrogen-bond acceptors (Lipinski definition) is 4. The first-order valence-electron chi connectivity index (χ1n) is 4.91. The van der Waals surface area contributed by atoms with Crippen LogP contribution in [0, 0.1) is 12.3 Å². The third-order valence-corrected chi connectivity index (χ3v) is 4.02. The lowest BCUT2D eigenvalue weighted by Crippen LogP contribution is -1.93. The van der Waals surface area contributed by atoms with Gasteiger partial charge in [0, 0.05) is 27.0 Å². The lowest BCUT2D eigenvalue weighted by molar-refractivity contribution is 0.484. The Labute approximate surface area is 108 Å². The number of hydrogen-bond donors (Lipinski definition) is 1. The van der Waals surface area contributed by atoms with E-state index in [4.69, 9.17) is 16.1 Å². The predicted molar refractivity (Wildman–Crippen MR) is 68.1 cm³/mol. The Morgan fingerprint density at radius 2 is 2.00 bits per heavy atom. The van der Waals surface area contributed by atoms with E-state index >= 15 is 0 Å². The van der Waals surface area contributed by atoms with Gasteiger partial charge in [-0.05, 0) is 19.1 Å². The zero-order chi connectivity index (χ0) is 13.5. The summed E-state index contributed by atoms with van der Waals surface area (Å²) in [6.45, 7) is 1.59. The largest absolute Gasteiger partial charge is 0.501 e. The number of phenols is 1. The minimum atomic E-state index is -3.91. The third kappa shape index (κ3) is 1.88. The molecule has 2 rings (SSSR count). The number of halogens is 1. The molecule has 5 nitrogen and oxygen atoms in total. The van der Waals surface area contributed by atoms with Gasteiger partial charge >= 0.3 is 5.69 Å². The monoisotopic (exact) mass is 283 g/mol. The van der Waals surface area contributed by atoms with Crippen LogP contribution >= 0.6 is 10.7 Å². The fourth-order valence-electron chi connectivity index (χ4n) is 1.84. The first kappa shape index (κ1) is 12.6. The van der Waals surface area contributed by atoms with E-state index in [0.29, 0.717) is 5.56 Å². The van der Waals surface area contributed by atoms with E-state index in [1.165, 1.54) is 24.3 Å². The van der Waals surface area contributed by atoms with E-state index in [1.54, 1.807) is 6.92 Å². The van der Waals surface area contributed by atoms with Crippen LogP contribution < -0.4 is 0 Å². The lowest BCUT2D eigenvalue weighted by atomic mass is 10.0. The Balaban J connectivity index is 3.03. The Kier molecular flexibility index (Phi) is 2.89. The number of fused-ring (bicyclic) bond motifs is 1. The molecule has 0 radical (unpaired) electrons. The highest BCUT2D eigenvalue weighted by atomic mass is 35.7. The minimum absolute atomic E-state index is 0.00613. The van der Waals surface area contributed by atoms with Crippen molar-refractivity contribution in [3.63, 3.8) is 0 Å². The molecule has 0 heterocycles. The number of phenolic OH excluding ortho intramolecular Hbond substituents is 1. The van der Waals surface area contributed by atoms with Gasteiger partial charge in [-0.25, -0.2) is 8.42 Å². The average Bonchev–Trinajstić information content (AvgIpc) is 2.27. The molecule has 2 aromatic carbocycles. The Morgan fingerprint density at radius 3 is 2.56 bits per heavy atom. The summed E-state index contributed by atoms with van der Waals surface area (Å²) < 4.78 is 22.9. The topological polar surface area (TPSA) is 82.5 Å². The number of diazo groups is 1. The number of rotatable bonds is 1. The first-order chi connectivity index (χ1) is 8.36. The number of benzene rings is 2. The Bertz CT molecular complexity index is 794. The first-order valence-corrected chi connectivity index (χ1v) is 7.22. The van der Waals surface area contributed by atoms with Gasteiger partial charge in [-0.1, -0.05) is 12.1 Å². The molecule has 0 atom stereocenters. The van der Waals surface area contributed by atoms with Gasteiger partial charge in [0.15, 0.2) is 4.98 Å². The van der Waals surface area contributed by atoms with Crippen molar-refractivity contribution in [1.29, 1.82) is 5.39 Å². The second-order valence-corrected chi connectivity index (χ2v) is 6.31.